The molecule has 1 aromatic heterocycles. The third-order valence-electron chi connectivity index (χ3n) is 5.46. The summed E-state index contributed by atoms with van der Waals surface area (Å²) in [5.41, 5.74) is 3.62. The van der Waals surface area contributed by atoms with E-state index in [0.29, 0.717) is 6.54 Å². The van der Waals surface area contributed by atoms with Gasteiger partial charge in [0.15, 0.2) is 0 Å². The van der Waals surface area contributed by atoms with Gasteiger partial charge in [-0.15, -0.1) is 0 Å². The number of carbonyl (C=O) groups is 1. The minimum atomic E-state index is 0.00631. The van der Waals surface area contributed by atoms with E-state index in [2.05, 4.69) is 53.3 Å². The Hall–Kier alpha value is -3.01. The molecule has 0 fully saturated rings. The van der Waals surface area contributed by atoms with Crippen molar-refractivity contribution in [2.75, 3.05) is 13.1 Å². The third-order valence-corrected chi connectivity index (χ3v) is 5.46. The van der Waals surface area contributed by atoms with Crippen LogP contribution in [0, 0.1) is 0 Å². The average molecular weight is 359 g/mol. The van der Waals surface area contributed by atoms with E-state index in [-0.39, 0.29) is 18.0 Å². The molecule has 4 nitrogen and oxygen atoms in total. The standard InChI is InChI=1S/C23H25N3O/c1-18-22-13-8-14-25(22)15-16-26(18)23(27)24-17-21(19-9-4-2-5-10-19)20-11-6-3-7-12-20/h2-14,18,21H,15-17H2,1H3,(H,24,27). The summed E-state index contributed by atoms with van der Waals surface area (Å²) in [5, 5.41) is 3.18. The highest BCUT2D eigenvalue weighted by molar-refractivity contribution is 5.75. The first-order valence-electron chi connectivity index (χ1n) is 9.53. The number of rotatable bonds is 4. The maximum Gasteiger partial charge on any atom is 0.318 e. The highest BCUT2D eigenvalue weighted by Gasteiger charge is 2.27. The molecule has 1 atom stereocenters. The fourth-order valence-electron chi connectivity index (χ4n) is 3.95. The van der Waals surface area contributed by atoms with Crippen LogP contribution in [0.25, 0.3) is 0 Å². The van der Waals surface area contributed by atoms with Crippen molar-refractivity contribution in [2.45, 2.75) is 25.4 Å². The van der Waals surface area contributed by atoms with Crippen molar-refractivity contribution in [3.8, 4) is 0 Å². The van der Waals surface area contributed by atoms with Crippen LogP contribution in [0.4, 0.5) is 4.79 Å². The van der Waals surface area contributed by atoms with Gasteiger partial charge in [0.05, 0.1) is 6.04 Å². The van der Waals surface area contributed by atoms with Crippen molar-refractivity contribution < 1.29 is 4.79 Å². The Kier molecular flexibility index (Phi) is 4.97. The molecular weight excluding hydrogens is 334 g/mol. The van der Waals surface area contributed by atoms with Gasteiger partial charge in [-0.1, -0.05) is 60.7 Å². The van der Waals surface area contributed by atoms with Crippen LogP contribution in [0.3, 0.4) is 0 Å². The fourth-order valence-corrected chi connectivity index (χ4v) is 3.95. The van der Waals surface area contributed by atoms with E-state index < -0.39 is 0 Å². The molecule has 1 aliphatic heterocycles. The molecule has 27 heavy (non-hydrogen) atoms. The molecule has 1 N–H and O–H groups in total. The van der Waals surface area contributed by atoms with Crippen LogP contribution in [0.15, 0.2) is 79.0 Å². The van der Waals surface area contributed by atoms with E-state index in [9.17, 15) is 4.79 Å². The zero-order valence-corrected chi connectivity index (χ0v) is 15.6. The second kappa shape index (κ2) is 7.70. The van der Waals surface area contributed by atoms with E-state index in [1.807, 2.05) is 47.4 Å². The molecule has 0 saturated heterocycles. The first-order valence-corrected chi connectivity index (χ1v) is 9.53. The molecular formula is C23H25N3O. The average Bonchev–Trinajstić information content (AvgIpc) is 3.20. The van der Waals surface area contributed by atoms with Gasteiger partial charge in [-0.05, 0) is 30.2 Å². The van der Waals surface area contributed by atoms with E-state index in [0.717, 1.165) is 13.1 Å². The van der Waals surface area contributed by atoms with Crippen LogP contribution in [-0.2, 0) is 6.54 Å². The third kappa shape index (κ3) is 3.61. The predicted molar refractivity (Wildman–Crippen MR) is 108 cm³/mol. The minimum absolute atomic E-state index is 0.00631. The van der Waals surface area contributed by atoms with Gasteiger partial charge in [0.25, 0.3) is 0 Å². The summed E-state index contributed by atoms with van der Waals surface area (Å²) < 4.78 is 2.23. The number of nitrogens with zero attached hydrogens (tertiary/aromatic N) is 2. The summed E-state index contributed by atoms with van der Waals surface area (Å²) in [5.74, 6) is 0.139. The number of hydrogen-bond acceptors (Lipinski definition) is 1. The van der Waals surface area contributed by atoms with E-state index in [4.69, 9.17) is 0 Å². The molecule has 0 saturated carbocycles. The molecule has 138 valence electrons. The van der Waals surface area contributed by atoms with Gasteiger partial charge in [0.1, 0.15) is 0 Å². The second-order valence-corrected chi connectivity index (χ2v) is 7.06. The van der Waals surface area contributed by atoms with Crippen LogP contribution >= 0.6 is 0 Å². The molecule has 2 aromatic carbocycles. The molecule has 0 spiro atoms. The number of urea groups is 1. The summed E-state index contributed by atoms with van der Waals surface area (Å²) in [6.45, 7) is 4.25. The molecule has 0 bridgehead atoms. The number of aromatic nitrogens is 1. The van der Waals surface area contributed by atoms with Crippen LogP contribution in [0.2, 0.25) is 0 Å². The summed E-state index contributed by atoms with van der Waals surface area (Å²) in [6, 6.07) is 25.0. The molecule has 1 unspecified atom stereocenters. The highest BCUT2D eigenvalue weighted by Crippen LogP contribution is 2.26. The zero-order chi connectivity index (χ0) is 18.6. The normalized spacial score (nSPS) is 16.2. The number of hydrogen-bond donors (Lipinski definition) is 1. The Labute approximate surface area is 160 Å². The lowest BCUT2D eigenvalue weighted by molar-refractivity contribution is 0.162. The molecule has 0 radical (unpaired) electrons. The zero-order valence-electron chi connectivity index (χ0n) is 15.6. The lowest BCUT2D eigenvalue weighted by Gasteiger charge is -2.35. The van der Waals surface area contributed by atoms with Crippen molar-refractivity contribution in [3.05, 3.63) is 95.8 Å². The van der Waals surface area contributed by atoms with Gasteiger partial charge in [-0.2, -0.15) is 0 Å². The number of carbonyl (C=O) groups excluding carboxylic acids is 1. The van der Waals surface area contributed by atoms with Gasteiger partial charge in [0, 0.05) is 37.4 Å². The van der Waals surface area contributed by atoms with Crippen molar-refractivity contribution in [1.82, 2.24) is 14.8 Å². The number of benzene rings is 2. The smallest absolute Gasteiger partial charge is 0.318 e. The predicted octanol–water partition coefficient (Wildman–Crippen LogP) is 4.41. The van der Waals surface area contributed by atoms with Crippen LogP contribution < -0.4 is 5.32 Å². The number of nitrogens with one attached hydrogen (secondary N) is 1. The Morgan fingerprint density at radius 2 is 1.59 bits per heavy atom. The molecule has 4 rings (SSSR count). The largest absolute Gasteiger partial charge is 0.348 e. The SMILES string of the molecule is CC1c2cccn2CCN1C(=O)NCC(c1ccccc1)c1ccccc1. The van der Waals surface area contributed by atoms with Crippen molar-refractivity contribution in [2.24, 2.45) is 0 Å². The van der Waals surface area contributed by atoms with Crippen molar-refractivity contribution in [1.29, 1.82) is 0 Å². The molecule has 0 aliphatic carbocycles. The van der Waals surface area contributed by atoms with Crippen molar-refractivity contribution >= 4 is 6.03 Å². The molecule has 2 amide bonds. The molecule has 1 aliphatic rings. The summed E-state index contributed by atoms with van der Waals surface area (Å²) in [4.78, 5) is 14.8. The van der Waals surface area contributed by atoms with Gasteiger partial charge in [-0.25, -0.2) is 4.79 Å². The monoisotopic (exact) mass is 359 g/mol. The second-order valence-electron chi connectivity index (χ2n) is 7.06. The summed E-state index contributed by atoms with van der Waals surface area (Å²) in [6.07, 6.45) is 2.09. The lowest BCUT2D eigenvalue weighted by atomic mass is 9.91. The molecule has 2 heterocycles. The van der Waals surface area contributed by atoms with E-state index in [1.165, 1.54) is 16.8 Å². The quantitative estimate of drug-likeness (QED) is 0.736. The first kappa shape index (κ1) is 17.4. The Balaban J connectivity index is 1.49. The minimum Gasteiger partial charge on any atom is -0.348 e. The van der Waals surface area contributed by atoms with Gasteiger partial charge in [0.2, 0.25) is 0 Å². The molecule has 3 aromatic rings. The lowest BCUT2D eigenvalue weighted by Crippen LogP contribution is -2.47. The fraction of sp³-hybridized carbons (Fsp3) is 0.261. The van der Waals surface area contributed by atoms with Gasteiger partial charge in [-0.3, -0.25) is 0 Å². The van der Waals surface area contributed by atoms with E-state index >= 15 is 0 Å². The Morgan fingerprint density at radius 1 is 0.963 bits per heavy atom. The Morgan fingerprint density at radius 3 is 2.22 bits per heavy atom. The van der Waals surface area contributed by atoms with Crippen LogP contribution in [-0.4, -0.2) is 28.6 Å². The first-order chi connectivity index (χ1) is 13.2. The van der Waals surface area contributed by atoms with Crippen LogP contribution in [0.5, 0.6) is 0 Å². The highest BCUT2D eigenvalue weighted by atomic mass is 16.2. The molecule has 4 heteroatoms. The number of amides is 2. The summed E-state index contributed by atoms with van der Waals surface area (Å²) >= 11 is 0. The maximum atomic E-state index is 12.9. The van der Waals surface area contributed by atoms with E-state index in [1.54, 1.807) is 0 Å². The van der Waals surface area contributed by atoms with Crippen molar-refractivity contribution in [3.63, 3.8) is 0 Å². The maximum absolute atomic E-state index is 12.9. The number of fused-ring (bicyclic) bond motifs is 1. The summed E-state index contributed by atoms with van der Waals surface area (Å²) in [7, 11) is 0. The Bertz CT molecular complexity index is 849. The van der Waals surface area contributed by atoms with Gasteiger partial charge >= 0.3 is 6.03 Å². The van der Waals surface area contributed by atoms with Gasteiger partial charge < -0.3 is 14.8 Å². The van der Waals surface area contributed by atoms with Crippen LogP contribution in [0.1, 0.15) is 35.7 Å². The topological polar surface area (TPSA) is 37.3 Å².